The standard InChI is InChI=1S/C11H11ClF3N3O/c12-8-3-6(11(13,14)15)4-9(18-8)17-7-1-2-10(19)16-5-7/h3-4,7H,1-2,5H2,(H,16,19)(H,17,18). The number of alkyl halides is 3. The van der Waals surface area contributed by atoms with Crippen LogP contribution < -0.4 is 10.6 Å². The van der Waals surface area contributed by atoms with Gasteiger partial charge in [-0.2, -0.15) is 13.2 Å². The molecule has 2 N–H and O–H groups in total. The number of amides is 1. The molecule has 0 spiro atoms. The van der Waals surface area contributed by atoms with Crippen molar-refractivity contribution in [1.82, 2.24) is 10.3 Å². The Labute approximate surface area is 112 Å². The predicted molar refractivity (Wildman–Crippen MR) is 63.9 cm³/mol. The van der Waals surface area contributed by atoms with E-state index < -0.39 is 11.7 Å². The summed E-state index contributed by atoms with van der Waals surface area (Å²) in [5, 5.41) is 5.25. The van der Waals surface area contributed by atoms with E-state index in [9.17, 15) is 18.0 Å². The number of carbonyl (C=O) groups excluding carboxylic acids is 1. The second-order valence-electron chi connectivity index (χ2n) is 4.25. The number of rotatable bonds is 2. The molecular formula is C11H11ClF3N3O. The summed E-state index contributed by atoms with van der Waals surface area (Å²) < 4.78 is 37.8. The minimum absolute atomic E-state index is 0.0565. The molecule has 1 saturated heterocycles. The Bertz CT molecular complexity index is 483. The zero-order chi connectivity index (χ0) is 14.0. The number of piperidine rings is 1. The molecular weight excluding hydrogens is 283 g/mol. The van der Waals surface area contributed by atoms with Crippen molar-refractivity contribution in [1.29, 1.82) is 0 Å². The van der Waals surface area contributed by atoms with E-state index >= 15 is 0 Å². The smallest absolute Gasteiger partial charge is 0.365 e. The van der Waals surface area contributed by atoms with E-state index in [0.717, 1.165) is 12.1 Å². The second kappa shape index (κ2) is 5.24. The number of carbonyl (C=O) groups is 1. The van der Waals surface area contributed by atoms with Crippen LogP contribution in [0.5, 0.6) is 0 Å². The van der Waals surface area contributed by atoms with Crippen LogP contribution in [-0.2, 0) is 11.0 Å². The van der Waals surface area contributed by atoms with E-state index in [1.165, 1.54) is 0 Å². The zero-order valence-corrected chi connectivity index (χ0v) is 10.5. The zero-order valence-electron chi connectivity index (χ0n) is 9.72. The molecule has 1 aliphatic heterocycles. The van der Waals surface area contributed by atoms with Crippen LogP contribution in [0.25, 0.3) is 0 Å². The van der Waals surface area contributed by atoms with Crippen LogP contribution in [0.3, 0.4) is 0 Å². The Morgan fingerprint density at radius 3 is 2.74 bits per heavy atom. The molecule has 8 heteroatoms. The summed E-state index contributed by atoms with van der Waals surface area (Å²) in [4.78, 5) is 14.8. The molecule has 0 bridgehead atoms. The molecule has 0 aliphatic carbocycles. The van der Waals surface area contributed by atoms with Gasteiger partial charge in [-0.3, -0.25) is 4.79 Å². The summed E-state index contributed by atoms with van der Waals surface area (Å²) in [5.74, 6) is -0.00550. The van der Waals surface area contributed by atoms with Crippen molar-refractivity contribution in [3.63, 3.8) is 0 Å². The van der Waals surface area contributed by atoms with Crippen LogP contribution in [0.4, 0.5) is 19.0 Å². The maximum Gasteiger partial charge on any atom is 0.416 e. The number of aromatic nitrogens is 1. The van der Waals surface area contributed by atoms with Gasteiger partial charge in [-0.05, 0) is 18.6 Å². The Kier molecular flexibility index (Phi) is 3.84. The first-order valence-corrected chi connectivity index (χ1v) is 6.00. The van der Waals surface area contributed by atoms with E-state index in [4.69, 9.17) is 11.6 Å². The van der Waals surface area contributed by atoms with Gasteiger partial charge in [0.2, 0.25) is 5.91 Å². The molecule has 2 rings (SSSR count). The molecule has 1 unspecified atom stereocenters. The maximum absolute atomic E-state index is 12.6. The van der Waals surface area contributed by atoms with Crippen molar-refractivity contribution in [2.24, 2.45) is 0 Å². The first-order valence-electron chi connectivity index (χ1n) is 5.62. The summed E-state index contributed by atoms with van der Waals surface area (Å²) >= 11 is 5.58. The van der Waals surface area contributed by atoms with Gasteiger partial charge >= 0.3 is 6.18 Å². The third kappa shape index (κ3) is 3.73. The number of pyridine rings is 1. The quantitative estimate of drug-likeness (QED) is 0.824. The number of nitrogens with zero attached hydrogens (tertiary/aromatic N) is 1. The molecule has 1 aliphatic rings. The monoisotopic (exact) mass is 293 g/mol. The molecule has 0 saturated carbocycles. The van der Waals surface area contributed by atoms with Crippen molar-refractivity contribution in [3.8, 4) is 0 Å². The molecule has 1 amide bonds. The van der Waals surface area contributed by atoms with Crippen molar-refractivity contribution in [2.75, 3.05) is 11.9 Å². The third-order valence-electron chi connectivity index (χ3n) is 2.74. The molecule has 0 radical (unpaired) electrons. The lowest BCUT2D eigenvalue weighted by Crippen LogP contribution is -2.42. The van der Waals surface area contributed by atoms with Gasteiger partial charge in [0.25, 0.3) is 0 Å². The molecule has 0 aromatic carbocycles. The molecule has 1 atom stereocenters. The number of halogens is 4. The Morgan fingerprint density at radius 1 is 1.42 bits per heavy atom. The number of nitrogens with one attached hydrogen (secondary N) is 2. The predicted octanol–water partition coefficient (Wildman–Crippen LogP) is 2.44. The van der Waals surface area contributed by atoms with Gasteiger partial charge < -0.3 is 10.6 Å². The Hall–Kier alpha value is -1.50. The summed E-state index contributed by atoms with van der Waals surface area (Å²) in [7, 11) is 0. The topological polar surface area (TPSA) is 54.0 Å². The summed E-state index contributed by atoms with van der Waals surface area (Å²) in [5.41, 5.74) is -0.852. The van der Waals surface area contributed by atoms with Gasteiger partial charge in [0, 0.05) is 19.0 Å². The van der Waals surface area contributed by atoms with Gasteiger partial charge in [0.05, 0.1) is 5.56 Å². The summed E-state index contributed by atoms with van der Waals surface area (Å²) in [6, 6.07) is 1.53. The Balaban J connectivity index is 2.12. The highest BCUT2D eigenvalue weighted by atomic mass is 35.5. The minimum Gasteiger partial charge on any atom is -0.365 e. The van der Waals surface area contributed by atoms with Gasteiger partial charge in [-0.15, -0.1) is 0 Å². The average Bonchev–Trinajstić information content (AvgIpc) is 2.30. The molecule has 19 heavy (non-hydrogen) atoms. The molecule has 1 fully saturated rings. The van der Waals surface area contributed by atoms with E-state index in [2.05, 4.69) is 15.6 Å². The fourth-order valence-corrected chi connectivity index (χ4v) is 2.01. The molecule has 1 aromatic rings. The lowest BCUT2D eigenvalue weighted by atomic mass is 10.1. The second-order valence-corrected chi connectivity index (χ2v) is 4.63. The average molecular weight is 294 g/mol. The molecule has 2 heterocycles. The minimum atomic E-state index is -4.47. The van der Waals surface area contributed by atoms with Crippen LogP contribution in [0, 0.1) is 0 Å². The SMILES string of the molecule is O=C1CCC(Nc2cc(C(F)(F)F)cc(Cl)n2)CN1. The normalized spacial score (nSPS) is 20.0. The fraction of sp³-hybridized carbons (Fsp3) is 0.455. The van der Waals surface area contributed by atoms with Crippen LogP contribution >= 0.6 is 11.6 Å². The van der Waals surface area contributed by atoms with E-state index in [0.29, 0.717) is 19.4 Å². The number of hydrogen-bond acceptors (Lipinski definition) is 3. The first-order chi connectivity index (χ1) is 8.84. The first kappa shape index (κ1) is 13.9. The van der Waals surface area contributed by atoms with Crippen LogP contribution in [-0.4, -0.2) is 23.5 Å². The molecule has 1 aromatic heterocycles. The molecule has 4 nitrogen and oxygen atoms in total. The largest absolute Gasteiger partial charge is 0.416 e. The van der Waals surface area contributed by atoms with Gasteiger partial charge in [0.15, 0.2) is 0 Å². The summed E-state index contributed by atoms with van der Waals surface area (Å²) in [6.07, 6.45) is -3.59. The maximum atomic E-state index is 12.6. The lowest BCUT2D eigenvalue weighted by Gasteiger charge is -2.24. The third-order valence-corrected chi connectivity index (χ3v) is 2.93. The van der Waals surface area contributed by atoms with Gasteiger partial charge in [0.1, 0.15) is 11.0 Å². The highest BCUT2D eigenvalue weighted by Crippen LogP contribution is 2.32. The summed E-state index contributed by atoms with van der Waals surface area (Å²) in [6.45, 7) is 0.356. The lowest BCUT2D eigenvalue weighted by molar-refractivity contribution is -0.137. The highest BCUT2D eigenvalue weighted by molar-refractivity contribution is 6.29. The van der Waals surface area contributed by atoms with Crippen molar-refractivity contribution in [3.05, 3.63) is 22.8 Å². The number of anilines is 1. The fourth-order valence-electron chi connectivity index (χ4n) is 1.80. The van der Waals surface area contributed by atoms with Crippen LogP contribution in [0.2, 0.25) is 5.15 Å². The Morgan fingerprint density at radius 2 is 2.16 bits per heavy atom. The number of hydrogen-bond donors (Lipinski definition) is 2. The van der Waals surface area contributed by atoms with Gasteiger partial charge in [-0.25, -0.2) is 4.98 Å². The van der Waals surface area contributed by atoms with Crippen molar-refractivity contribution >= 4 is 23.3 Å². The van der Waals surface area contributed by atoms with E-state index in [-0.39, 0.29) is 22.9 Å². The van der Waals surface area contributed by atoms with Crippen LogP contribution in [0.1, 0.15) is 18.4 Å². The van der Waals surface area contributed by atoms with Crippen molar-refractivity contribution in [2.45, 2.75) is 25.1 Å². The van der Waals surface area contributed by atoms with Crippen molar-refractivity contribution < 1.29 is 18.0 Å². The highest BCUT2D eigenvalue weighted by Gasteiger charge is 2.31. The van der Waals surface area contributed by atoms with E-state index in [1.54, 1.807) is 0 Å². The van der Waals surface area contributed by atoms with Crippen LogP contribution in [0.15, 0.2) is 12.1 Å². The molecule has 104 valence electrons. The van der Waals surface area contributed by atoms with Gasteiger partial charge in [-0.1, -0.05) is 11.6 Å². The van der Waals surface area contributed by atoms with E-state index in [1.807, 2.05) is 0 Å².